The lowest BCUT2D eigenvalue weighted by Gasteiger charge is -2.18. The van der Waals surface area contributed by atoms with E-state index in [0.29, 0.717) is 0 Å². The number of aryl methyl sites for hydroxylation is 1. The van der Waals surface area contributed by atoms with Gasteiger partial charge in [-0.2, -0.15) is 9.61 Å². The molecule has 3 aromatic carbocycles. The first kappa shape index (κ1) is 21.9. The van der Waals surface area contributed by atoms with Crippen LogP contribution in [0.3, 0.4) is 0 Å². The van der Waals surface area contributed by atoms with Crippen LogP contribution in [-0.4, -0.2) is 30.8 Å². The van der Waals surface area contributed by atoms with Crippen LogP contribution in [0.4, 0.5) is 5.69 Å². The van der Waals surface area contributed by atoms with Gasteiger partial charge in [0, 0.05) is 11.3 Å². The van der Waals surface area contributed by atoms with E-state index >= 15 is 0 Å². The predicted molar refractivity (Wildman–Crippen MR) is 138 cm³/mol. The molecule has 0 saturated heterocycles. The smallest absolute Gasteiger partial charge is 0.238 e. The van der Waals surface area contributed by atoms with Crippen molar-refractivity contribution in [3.05, 3.63) is 102 Å². The normalized spacial score (nSPS) is 11.0. The van der Waals surface area contributed by atoms with Gasteiger partial charge >= 0.3 is 0 Å². The standard InChI is InChI=1S/C25H20N6OS2/c1-16-28-29-25-31(16)30-23(34-25)19-13-8-14-20(15-19)26-24(33)27-22(32)21(17-9-4-2-5-10-17)18-11-6-3-7-12-18/h2-15,21H,1H3,(H2,26,27,32,33). The molecule has 168 valence electrons. The van der Waals surface area contributed by atoms with Crippen LogP contribution in [0.5, 0.6) is 0 Å². The fourth-order valence-corrected chi connectivity index (χ4v) is 4.79. The summed E-state index contributed by atoms with van der Waals surface area (Å²) in [6, 6.07) is 27.0. The number of carbonyl (C=O) groups excluding carboxylic acids is 1. The SMILES string of the molecule is Cc1nnc2sc(-c3cccc(NC(=S)NC(=O)C(c4ccccc4)c4ccccc4)c3)nn12. The molecule has 0 aliphatic rings. The molecule has 1 amide bonds. The van der Waals surface area contributed by atoms with Gasteiger partial charge in [-0.3, -0.25) is 4.79 Å². The number of nitrogens with zero attached hydrogens (tertiary/aromatic N) is 4. The number of amides is 1. The molecule has 5 rings (SSSR count). The van der Waals surface area contributed by atoms with Crippen LogP contribution < -0.4 is 10.6 Å². The van der Waals surface area contributed by atoms with Gasteiger partial charge in [-0.05, 0) is 42.4 Å². The highest BCUT2D eigenvalue weighted by Crippen LogP contribution is 2.28. The van der Waals surface area contributed by atoms with Crippen LogP contribution in [0.1, 0.15) is 22.9 Å². The Morgan fingerprint density at radius 1 is 0.941 bits per heavy atom. The first-order chi connectivity index (χ1) is 16.6. The van der Waals surface area contributed by atoms with Crippen molar-refractivity contribution >= 4 is 45.2 Å². The van der Waals surface area contributed by atoms with E-state index in [2.05, 4.69) is 25.9 Å². The number of nitrogens with one attached hydrogen (secondary N) is 2. The third-order valence-corrected chi connectivity index (χ3v) is 6.43. The molecular formula is C25H20N6OS2. The van der Waals surface area contributed by atoms with E-state index in [1.165, 1.54) is 11.3 Å². The van der Waals surface area contributed by atoms with Crippen molar-refractivity contribution in [1.82, 2.24) is 25.1 Å². The molecule has 0 spiro atoms. The lowest BCUT2D eigenvalue weighted by atomic mass is 9.90. The molecule has 5 aromatic rings. The van der Waals surface area contributed by atoms with Crippen molar-refractivity contribution < 1.29 is 4.79 Å². The summed E-state index contributed by atoms with van der Waals surface area (Å²) >= 11 is 6.93. The molecule has 0 unspecified atom stereocenters. The van der Waals surface area contributed by atoms with Crippen LogP contribution in [0, 0.1) is 6.92 Å². The highest BCUT2D eigenvalue weighted by molar-refractivity contribution is 7.80. The molecular weight excluding hydrogens is 464 g/mol. The van der Waals surface area contributed by atoms with Gasteiger partial charge in [0.1, 0.15) is 5.01 Å². The van der Waals surface area contributed by atoms with E-state index in [9.17, 15) is 4.79 Å². The van der Waals surface area contributed by atoms with Gasteiger partial charge < -0.3 is 10.6 Å². The summed E-state index contributed by atoms with van der Waals surface area (Å²) in [7, 11) is 0. The summed E-state index contributed by atoms with van der Waals surface area (Å²) in [6.45, 7) is 1.86. The lowest BCUT2D eigenvalue weighted by Crippen LogP contribution is -2.37. The number of aromatic nitrogens is 4. The molecule has 2 aromatic heterocycles. The molecule has 0 bridgehead atoms. The maximum Gasteiger partial charge on any atom is 0.238 e. The van der Waals surface area contributed by atoms with Crippen molar-refractivity contribution in [1.29, 1.82) is 0 Å². The summed E-state index contributed by atoms with van der Waals surface area (Å²) in [6.07, 6.45) is 0. The zero-order valence-corrected chi connectivity index (χ0v) is 19.8. The van der Waals surface area contributed by atoms with E-state index in [4.69, 9.17) is 12.2 Å². The van der Waals surface area contributed by atoms with Crippen molar-refractivity contribution in [2.24, 2.45) is 0 Å². The van der Waals surface area contributed by atoms with Crippen LogP contribution in [-0.2, 0) is 4.79 Å². The Balaban J connectivity index is 1.33. The third-order valence-electron chi connectivity index (χ3n) is 5.28. The topological polar surface area (TPSA) is 84.2 Å². The Morgan fingerprint density at radius 2 is 1.62 bits per heavy atom. The second kappa shape index (κ2) is 9.50. The Hall–Kier alpha value is -3.95. The summed E-state index contributed by atoms with van der Waals surface area (Å²) in [4.78, 5) is 14.0. The van der Waals surface area contributed by atoms with Crippen molar-refractivity contribution in [2.75, 3.05) is 5.32 Å². The number of carbonyl (C=O) groups is 1. The summed E-state index contributed by atoms with van der Waals surface area (Å²) < 4.78 is 1.72. The van der Waals surface area contributed by atoms with Gasteiger partial charge in [0.05, 0.1) is 5.92 Å². The van der Waals surface area contributed by atoms with E-state index in [0.717, 1.165) is 38.2 Å². The van der Waals surface area contributed by atoms with Crippen molar-refractivity contribution in [2.45, 2.75) is 12.8 Å². The molecule has 9 heteroatoms. The number of rotatable bonds is 5. The number of hydrogen-bond donors (Lipinski definition) is 2. The Kier molecular flexibility index (Phi) is 6.11. The van der Waals surface area contributed by atoms with Gasteiger partial charge in [0.2, 0.25) is 10.9 Å². The molecule has 0 aliphatic heterocycles. The lowest BCUT2D eigenvalue weighted by molar-refractivity contribution is -0.120. The van der Waals surface area contributed by atoms with E-state index < -0.39 is 5.92 Å². The quantitative estimate of drug-likeness (QED) is 0.349. The van der Waals surface area contributed by atoms with Crippen molar-refractivity contribution in [3.8, 4) is 10.6 Å². The van der Waals surface area contributed by atoms with Crippen LogP contribution >= 0.6 is 23.6 Å². The average Bonchev–Trinajstić information content (AvgIpc) is 3.43. The number of hydrogen-bond acceptors (Lipinski definition) is 6. The van der Waals surface area contributed by atoms with Gasteiger partial charge in [-0.15, -0.1) is 10.2 Å². The molecule has 2 heterocycles. The maximum atomic E-state index is 13.3. The Morgan fingerprint density at radius 3 is 2.26 bits per heavy atom. The van der Waals surface area contributed by atoms with Crippen LogP contribution in [0.25, 0.3) is 15.5 Å². The molecule has 34 heavy (non-hydrogen) atoms. The Bertz CT molecular complexity index is 1420. The fraction of sp³-hybridized carbons (Fsp3) is 0.0800. The second-order valence-electron chi connectivity index (χ2n) is 7.63. The molecule has 0 atom stereocenters. The van der Waals surface area contributed by atoms with Gasteiger partial charge in [0.25, 0.3) is 0 Å². The number of benzene rings is 3. The molecule has 0 fully saturated rings. The number of anilines is 1. The maximum absolute atomic E-state index is 13.3. The van der Waals surface area contributed by atoms with Crippen LogP contribution in [0.2, 0.25) is 0 Å². The minimum Gasteiger partial charge on any atom is -0.332 e. The van der Waals surface area contributed by atoms with Gasteiger partial charge in [-0.25, -0.2) is 0 Å². The first-order valence-electron chi connectivity index (χ1n) is 10.6. The summed E-state index contributed by atoms with van der Waals surface area (Å²) in [5.41, 5.74) is 3.46. The van der Waals surface area contributed by atoms with E-state index in [1.54, 1.807) is 4.52 Å². The molecule has 0 aliphatic carbocycles. The number of thiocarbonyl (C=S) groups is 1. The fourth-order valence-electron chi connectivity index (χ4n) is 3.69. The third kappa shape index (κ3) is 4.57. The highest BCUT2D eigenvalue weighted by atomic mass is 32.1. The van der Waals surface area contributed by atoms with E-state index in [1.807, 2.05) is 91.9 Å². The molecule has 7 nitrogen and oxygen atoms in total. The summed E-state index contributed by atoms with van der Waals surface area (Å²) in [5.74, 6) is 0.0640. The van der Waals surface area contributed by atoms with E-state index in [-0.39, 0.29) is 11.0 Å². The Labute approximate surface area is 205 Å². The minimum absolute atomic E-state index is 0.199. The zero-order valence-electron chi connectivity index (χ0n) is 18.2. The first-order valence-corrected chi connectivity index (χ1v) is 11.8. The summed E-state index contributed by atoms with van der Waals surface area (Å²) in [5, 5.41) is 19.8. The molecule has 0 radical (unpaired) electrons. The van der Waals surface area contributed by atoms with Gasteiger partial charge in [-0.1, -0.05) is 84.1 Å². The zero-order chi connectivity index (χ0) is 23.5. The highest BCUT2D eigenvalue weighted by Gasteiger charge is 2.23. The minimum atomic E-state index is -0.475. The predicted octanol–water partition coefficient (Wildman–Crippen LogP) is 4.81. The largest absolute Gasteiger partial charge is 0.332 e. The molecule has 0 saturated carbocycles. The van der Waals surface area contributed by atoms with Crippen LogP contribution in [0.15, 0.2) is 84.9 Å². The average molecular weight is 485 g/mol. The monoisotopic (exact) mass is 484 g/mol. The molecule has 2 N–H and O–H groups in total. The second-order valence-corrected chi connectivity index (χ2v) is 8.99. The number of fused-ring (bicyclic) bond motifs is 1. The van der Waals surface area contributed by atoms with Crippen molar-refractivity contribution in [3.63, 3.8) is 0 Å². The van der Waals surface area contributed by atoms with Gasteiger partial charge in [0.15, 0.2) is 10.9 Å².